The molecule has 0 aromatic rings. The third-order valence-corrected chi connectivity index (χ3v) is 2.12. The molecule has 2 heteroatoms. The first-order valence-electron chi connectivity index (χ1n) is 2.93. The van der Waals surface area contributed by atoms with Crippen LogP contribution in [0.15, 0.2) is 0 Å². The zero-order chi connectivity index (χ0) is 6.78. The van der Waals surface area contributed by atoms with Crippen LogP contribution in [0.2, 0.25) is 0 Å². The van der Waals surface area contributed by atoms with Gasteiger partial charge in [-0.3, -0.25) is 0 Å². The normalized spacial score (nSPS) is 16.1. The summed E-state index contributed by atoms with van der Waals surface area (Å²) < 4.78 is 0.256. The van der Waals surface area contributed by atoms with Crippen LogP contribution in [0.1, 0.15) is 27.2 Å². The summed E-state index contributed by atoms with van der Waals surface area (Å²) in [4.78, 5) is 0. The molecule has 8 heavy (non-hydrogen) atoms. The monoisotopic (exact) mass is 227 g/mol. The lowest BCUT2D eigenvalue weighted by molar-refractivity contribution is 0.545. The van der Waals surface area contributed by atoms with E-state index in [1.54, 1.807) is 0 Å². The largest absolute Gasteiger partial charge is 0.327 e. The number of hydrogen-bond acceptors (Lipinski definition) is 1. The van der Waals surface area contributed by atoms with Gasteiger partial charge >= 0.3 is 0 Å². The van der Waals surface area contributed by atoms with Crippen molar-refractivity contribution >= 4 is 22.6 Å². The van der Waals surface area contributed by atoms with Crippen LogP contribution in [0.3, 0.4) is 0 Å². The molecular formula is C6H14IN. The van der Waals surface area contributed by atoms with Crippen molar-refractivity contribution in [1.82, 2.24) is 0 Å². The van der Waals surface area contributed by atoms with Crippen LogP contribution in [-0.2, 0) is 0 Å². The van der Waals surface area contributed by atoms with Crippen LogP contribution in [0.4, 0.5) is 0 Å². The molecule has 0 aromatic heterocycles. The van der Waals surface area contributed by atoms with Crippen molar-refractivity contribution in [3.63, 3.8) is 0 Å². The van der Waals surface area contributed by atoms with Gasteiger partial charge in [0, 0.05) is 9.46 Å². The maximum Gasteiger partial charge on any atom is 0.0316 e. The highest BCUT2D eigenvalue weighted by Crippen LogP contribution is 2.21. The molecule has 0 aliphatic rings. The molecule has 0 unspecified atom stereocenters. The summed E-state index contributed by atoms with van der Waals surface area (Å²) in [5, 5.41) is 0. The molecule has 0 aromatic carbocycles. The van der Waals surface area contributed by atoms with Crippen LogP contribution in [0, 0.1) is 0 Å². The van der Waals surface area contributed by atoms with Gasteiger partial charge in [0.05, 0.1) is 0 Å². The fraction of sp³-hybridized carbons (Fsp3) is 1.00. The SMILES string of the molecule is CC[C@H](N)C(C)(C)I. The highest BCUT2D eigenvalue weighted by atomic mass is 127. The smallest absolute Gasteiger partial charge is 0.0316 e. The molecule has 0 rings (SSSR count). The predicted octanol–water partition coefficient (Wildman–Crippen LogP) is 1.94. The molecule has 1 atom stereocenters. The van der Waals surface area contributed by atoms with Crippen LogP contribution < -0.4 is 5.73 Å². The summed E-state index contributed by atoms with van der Waals surface area (Å²) in [6.07, 6.45) is 1.07. The van der Waals surface area contributed by atoms with Gasteiger partial charge in [0.2, 0.25) is 0 Å². The number of nitrogens with two attached hydrogens (primary N) is 1. The van der Waals surface area contributed by atoms with E-state index in [0.29, 0.717) is 6.04 Å². The maximum atomic E-state index is 5.74. The first-order chi connectivity index (χ1) is 3.48. The van der Waals surface area contributed by atoms with Gasteiger partial charge in [-0.25, -0.2) is 0 Å². The van der Waals surface area contributed by atoms with E-state index in [2.05, 4.69) is 43.4 Å². The minimum atomic E-state index is 0.256. The van der Waals surface area contributed by atoms with Crippen molar-refractivity contribution in [2.24, 2.45) is 5.73 Å². The lowest BCUT2D eigenvalue weighted by Gasteiger charge is -2.23. The van der Waals surface area contributed by atoms with Crippen molar-refractivity contribution in [3.8, 4) is 0 Å². The van der Waals surface area contributed by atoms with Crippen molar-refractivity contribution in [1.29, 1.82) is 0 Å². The molecule has 0 saturated heterocycles. The Morgan fingerprint density at radius 3 is 2.00 bits per heavy atom. The fourth-order valence-corrected chi connectivity index (χ4v) is 0.926. The second kappa shape index (κ2) is 3.01. The molecule has 0 bridgehead atoms. The third kappa shape index (κ3) is 2.87. The summed E-state index contributed by atoms with van der Waals surface area (Å²) in [6.45, 7) is 6.43. The predicted molar refractivity (Wildman–Crippen MR) is 46.4 cm³/mol. The minimum Gasteiger partial charge on any atom is -0.327 e. The molecule has 0 heterocycles. The standard InChI is InChI=1S/C6H14IN/c1-4-5(8)6(2,3)7/h5H,4,8H2,1-3H3/t5-/m0/s1. The molecule has 0 amide bonds. The third-order valence-electron chi connectivity index (χ3n) is 1.32. The Labute approximate surface area is 65.2 Å². The van der Waals surface area contributed by atoms with E-state index in [-0.39, 0.29) is 3.42 Å². The van der Waals surface area contributed by atoms with E-state index in [0.717, 1.165) is 6.42 Å². The van der Waals surface area contributed by atoms with E-state index in [9.17, 15) is 0 Å². The van der Waals surface area contributed by atoms with E-state index >= 15 is 0 Å². The van der Waals surface area contributed by atoms with Crippen LogP contribution >= 0.6 is 22.6 Å². The van der Waals surface area contributed by atoms with E-state index in [1.165, 1.54) is 0 Å². The zero-order valence-electron chi connectivity index (χ0n) is 5.74. The van der Waals surface area contributed by atoms with Gasteiger partial charge in [0.25, 0.3) is 0 Å². The molecule has 50 valence electrons. The molecule has 0 spiro atoms. The Bertz CT molecular complexity index is 65.4. The maximum absolute atomic E-state index is 5.74. The topological polar surface area (TPSA) is 26.0 Å². The van der Waals surface area contributed by atoms with Gasteiger partial charge in [-0.2, -0.15) is 0 Å². The second-order valence-electron chi connectivity index (χ2n) is 2.58. The summed E-state index contributed by atoms with van der Waals surface area (Å²) in [7, 11) is 0. The van der Waals surface area contributed by atoms with Crippen LogP contribution in [-0.4, -0.2) is 9.46 Å². The molecule has 0 radical (unpaired) electrons. The second-order valence-corrected chi connectivity index (χ2v) is 5.36. The Morgan fingerprint density at radius 1 is 1.62 bits per heavy atom. The van der Waals surface area contributed by atoms with Gasteiger partial charge < -0.3 is 5.73 Å². The lowest BCUT2D eigenvalue weighted by Crippen LogP contribution is -2.37. The first-order valence-corrected chi connectivity index (χ1v) is 4.01. The Kier molecular flexibility index (Phi) is 3.27. The highest BCUT2D eigenvalue weighted by Gasteiger charge is 2.19. The van der Waals surface area contributed by atoms with Crippen LogP contribution in [0.5, 0.6) is 0 Å². The summed E-state index contributed by atoms with van der Waals surface area (Å²) in [5.74, 6) is 0. The molecular weight excluding hydrogens is 213 g/mol. The highest BCUT2D eigenvalue weighted by molar-refractivity contribution is 14.1. The Morgan fingerprint density at radius 2 is 2.00 bits per heavy atom. The quantitative estimate of drug-likeness (QED) is 0.566. The number of halogens is 1. The minimum absolute atomic E-state index is 0.256. The fourth-order valence-electron chi connectivity index (χ4n) is 0.485. The van der Waals surface area contributed by atoms with Crippen molar-refractivity contribution in [3.05, 3.63) is 0 Å². The number of alkyl halides is 1. The van der Waals surface area contributed by atoms with Crippen molar-refractivity contribution in [2.75, 3.05) is 0 Å². The van der Waals surface area contributed by atoms with E-state index in [1.807, 2.05) is 0 Å². The van der Waals surface area contributed by atoms with Crippen molar-refractivity contribution in [2.45, 2.75) is 36.7 Å². The summed E-state index contributed by atoms with van der Waals surface area (Å²) in [6, 6.07) is 0.336. The van der Waals surface area contributed by atoms with E-state index < -0.39 is 0 Å². The van der Waals surface area contributed by atoms with Crippen molar-refractivity contribution < 1.29 is 0 Å². The molecule has 0 aliphatic carbocycles. The molecule has 2 N–H and O–H groups in total. The first kappa shape index (κ1) is 8.69. The number of hydrogen-bond donors (Lipinski definition) is 1. The van der Waals surface area contributed by atoms with Gasteiger partial charge in [-0.05, 0) is 20.3 Å². The molecule has 1 nitrogen and oxygen atoms in total. The average molecular weight is 227 g/mol. The lowest BCUT2D eigenvalue weighted by atomic mass is 10.0. The Balaban J connectivity index is 3.62. The Hall–Kier alpha value is 0.690. The molecule has 0 saturated carbocycles. The van der Waals surface area contributed by atoms with Crippen LogP contribution in [0.25, 0.3) is 0 Å². The summed E-state index contributed by atoms with van der Waals surface area (Å²) in [5.41, 5.74) is 5.74. The van der Waals surface area contributed by atoms with Gasteiger partial charge in [0.1, 0.15) is 0 Å². The van der Waals surface area contributed by atoms with Gasteiger partial charge in [-0.1, -0.05) is 29.5 Å². The van der Waals surface area contributed by atoms with E-state index in [4.69, 9.17) is 5.73 Å². The average Bonchev–Trinajstić information content (AvgIpc) is 1.62. The summed E-state index contributed by atoms with van der Waals surface area (Å²) >= 11 is 2.38. The van der Waals surface area contributed by atoms with Gasteiger partial charge in [0.15, 0.2) is 0 Å². The number of rotatable bonds is 2. The molecule has 0 aliphatic heterocycles. The van der Waals surface area contributed by atoms with Gasteiger partial charge in [-0.15, -0.1) is 0 Å². The zero-order valence-corrected chi connectivity index (χ0v) is 7.90. The molecule has 0 fully saturated rings.